The lowest BCUT2D eigenvalue weighted by Crippen LogP contribution is -2.24. The predicted molar refractivity (Wildman–Crippen MR) is 202 cm³/mol. The summed E-state index contributed by atoms with van der Waals surface area (Å²) >= 11 is 1.31. The molecule has 49 heavy (non-hydrogen) atoms. The van der Waals surface area contributed by atoms with Crippen LogP contribution in [0.5, 0.6) is 11.5 Å². The Labute approximate surface area is 305 Å². The standard InChI is InChI=1S/C43H36N4OS/c1-7-27-19-21-34-40(49-42-45-32-13-9-10-14-33(32)47(34)42)37(27)41-44-23-26(4)38(46-41)29-22-28(18-16-24(29)2)36-25(3)17-20-31-39(36)48-35-15-11-8-12-30(35)43(31,5)6/h8-23H,7H2,1-6H3/i2D3,3D3,4D3,7D2. The molecule has 0 amide bonds. The molecule has 1 aliphatic rings. The van der Waals surface area contributed by atoms with E-state index >= 15 is 0 Å². The zero-order valence-corrected chi connectivity index (χ0v) is 27.7. The normalized spacial score (nSPS) is 17.9. The van der Waals surface area contributed by atoms with Gasteiger partial charge in [-0.3, -0.25) is 4.40 Å². The first-order valence-electron chi connectivity index (χ1n) is 21.4. The highest BCUT2D eigenvalue weighted by atomic mass is 32.1. The summed E-state index contributed by atoms with van der Waals surface area (Å²) in [6, 6.07) is 26.2. The molecular weight excluding hydrogens is 621 g/mol. The van der Waals surface area contributed by atoms with Crippen molar-refractivity contribution in [3.05, 3.63) is 131 Å². The number of imidazole rings is 1. The maximum atomic E-state index is 8.86. The summed E-state index contributed by atoms with van der Waals surface area (Å²) < 4.78 is 104. The van der Waals surface area contributed by atoms with Gasteiger partial charge in [-0.2, -0.15) is 0 Å². The highest BCUT2D eigenvalue weighted by molar-refractivity contribution is 7.24. The van der Waals surface area contributed by atoms with Crippen molar-refractivity contribution in [2.45, 2.75) is 53.1 Å². The summed E-state index contributed by atoms with van der Waals surface area (Å²) in [5.41, 5.74) is 3.43. The fraction of sp³-hybridized carbons (Fsp3) is 0.186. The smallest absolute Gasteiger partial charge is 0.195 e. The summed E-state index contributed by atoms with van der Waals surface area (Å²) in [5, 5.41) is 0. The lowest BCUT2D eigenvalue weighted by atomic mass is 9.74. The zero-order valence-electron chi connectivity index (χ0n) is 37.8. The maximum Gasteiger partial charge on any atom is 0.195 e. The van der Waals surface area contributed by atoms with Crippen molar-refractivity contribution in [2.75, 3.05) is 0 Å². The van der Waals surface area contributed by atoms with Gasteiger partial charge in [-0.1, -0.05) is 92.8 Å². The molecule has 0 radical (unpaired) electrons. The number of aryl methyl sites for hydroxylation is 4. The molecule has 5 aromatic carbocycles. The second-order valence-corrected chi connectivity index (χ2v) is 13.7. The molecule has 0 saturated heterocycles. The molecule has 3 aromatic heterocycles. The minimum Gasteiger partial charge on any atom is -0.456 e. The molecule has 0 N–H and O–H groups in total. The minimum absolute atomic E-state index is 0.0259. The third-order valence-corrected chi connectivity index (χ3v) is 10.6. The largest absolute Gasteiger partial charge is 0.456 e. The summed E-state index contributed by atoms with van der Waals surface area (Å²) in [4.78, 5) is 14.9. The molecule has 0 unspecified atom stereocenters. The predicted octanol–water partition coefficient (Wildman–Crippen LogP) is 11.4. The topological polar surface area (TPSA) is 52.3 Å². The Morgan fingerprint density at radius 2 is 1.63 bits per heavy atom. The third kappa shape index (κ3) is 4.40. The SMILES string of the molecule is [2H]C([2H])([2H])c1ccc(-c2c(C([2H])([2H])[2H])ccc3c2Oc2ccccc2C3(C)C)cc1-c1nc(-c2c(C([2H])([2H])C)ccc3c2sc2nc4ccccc4n23)ncc1C([2H])([2H])[2H]. The number of fused-ring (bicyclic) bond motifs is 7. The molecule has 5 nitrogen and oxygen atoms in total. The van der Waals surface area contributed by atoms with Gasteiger partial charge in [-0.25, -0.2) is 15.0 Å². The first-order chi connectivity index (χ1) is 28.0. The van der Waals surface area contributed by atoms with Crippen LogP contribution in [-0.4, -0.2) is 19.4 Å². The van der Waals surface area contributed by atoms with Crippen LogP contribution in [0.3, 0.4) is 0 Å². The van der Waals surface area contributed by atoms with E-state index in [2.05, 4.69) is 4.98 Å². The summed E-state index contributed by atoms with van der Waals surface area (Å²) in [5.74, 6) is 0.802. The van der Waals surface area contributed by atoms with Crippen LogP contribution < -0.4 is 4.74 Å². The molecule has 0 bridgehead atoms. The van der Waals surface area contributed by atoms with E-state index in [1.807, 2.05) is 66.8 Å². The molecule has 0 aliphatic carbocycles. The first-order valence-corrected chi connectivity index (χ1v) is 16.7. The molecule has 8 aromatic rings. The van der Waals surface area contributed by atoms with Crippen molar-refractivity contribution in [3.8, 4) is 45.3 Å². The second-order valence-electron chi connectivity index (χ2n) is 12.7. The fourth-order valence-electron chi connectivity index (χ4n) is 7.08. The van der Waals surface area contributed by atoms with Crippen molar-refractivity contribution in [3.63, 3.8) is 0 Å². The van der Waals surface area contributed by atoms with E-state index in [1.54, 1.807) is 18.2 Å². The second kappa shape index (κ2) is 10.8. The molecule has 0 spiro atoms. The van der Waals surface area contributed by atoms with E-state index in [4.69, 9.17) is 29.8 Å². The van der Waals surface area contributed by atoms with Gasteiger partial charge >= 0.3 is 0 Å². The first kappa shape index (κ1) is 20.2. The van der Waals surface area contributed by atoms with Gasteiger partial charge in [0.05, 0.1) is 26.9 Å². The number of benzene rings is 5. The number of rotatable bonds is 4. The van der Waals surface area contributed by atoms with Crippen LogP contribution in [0.25, 0.3) is 60.0 Å². The van der Waals surface area contributed by atoms with Crippen LogP contribution in [0.15, 0.2) is 97.2 Å². The van der Waals surface area contributed by atoms with Gasteiger partial charge in [0.2, 0.25) is 0 Å². The zero-order chi connectivity index (χ0) is 42.9. The van der Waals surface area contributed by atoms with Gasteiger partial charge in [-0.15, -0.1) is 0 Å². The average molecular weight is 668 g/mol. The monoisotopic (exact) mass is 667 g/mol. The lowest BCUT2D eigenvalue weighted by Gasteiger charge is -2.36. The van der Waals surface area contributed by atoms with Crippen molar-refractivity contribution in [1.82, 2.24) is 19.4 Å². The quantitative estimate of drug-likeness (QED) is 0.187. The number of nitrogens with zero attached hydrogens (tertiary/aromatic N) is 4. The molecule has 240 valence electrons. The van der Waals surface area contributed by atoms with Crippen molar-refractivity contribution in [2.24, 2.45) is 0 Å². The molecule has 4 heterocycles. The Balaban J connectivity index is 1.35. The summed E-state index contributed by atoms with van der Waals surface area (Å²) in [6.07, 6.45) is -0.776. The van der Waals surface area contributed by atoms with Crippen LogP contribution in [0, 0.1) is 20.6 Å². The Hall–Kier alpha value is -5.33. The third-order valence-electron chi connectivity index (χ3n) is 9.55. The van der Waals surface area contributed by atoms with Crippen LogP contribution in [0.2, 0.25) is 0 Å². The van der Waals surface area contributed by atoms with E-state index in [1.165, 1.54) is 42.5 Å². The van der Waals surface area contributed by atoms with Crippen LogP contribution >= 0.6 is 11.3 Å². The summed E-state index contributed by atoms with van der Waals surface area (Å²) in [7, 11) is 0. The average Bonchev–Trinajstić information content (AvgIpc) is 3.71. The highest BCUT2D eigenvalue weighted by Gasteiger charge is 2.36. The number of aromatic nitrogens is 4. The van der Waals surface area contributed by atoms with Crippen molar-refractivity contribution in [1.29, 1.82) is 0 Å². The van der Waals surface area contributed by atoms with Crippen LogP contribution in [0.4, 0.5) is 0 Å². The lowest BCUT2D eigenvalue weighted by molar-refractivity contribution is 0.419. The number of hydrogen-bond donors (Lipinski definition) is 0. The van der Waals surface area contributed by atoms with E-state index in [0.717, 1.165) is 22.8 Å². The Kier molecular flexibility index (Phi) is 4.48. The van der Waals surface area contributed by atoms with E-state index < -0.39 is 32.3 Å². The molecule has 0 fully saturated rings. The highest BCUT2D eigenvalue weighted by Crippen LogP contribution is 2.52. The number of hydrogen-bond acceptors (Lipinski definition) is 5. The van der Waals surface area contributed by atoms with Crippen molar-refractivity contribution < 1.29 is 19.8 Å². The molecular formula is C43H36N4OS. The van der Waals surface area contributed by atoms with Gasteiger partial charge in [0.1, 0.15) is 11.5 Å². The molecule has 9 rings (SSSR count). The molecule has 1 aliphatic heterocycles. The van der Waals surface area contributed by atoms with Crippen LogP contribution in [0.1, 0.15) is 69.2 Å². The Morgan fingerprint density at radius 1 is 0.816 bits per heavy atom. The molecule has 0 atom stereocenters. The van der Waals surface area contributed by atoms with Gasteiger partial charge < -0.3 is 4.74 Å². The van der Waals surface area contributed by atoms with Gasteiger partial charge in [0.15, 0.2) is 10.8 Å². The van der Waals surface area contributed by atoms with E-state index in [0.29, 0.717) is 32.1 Å². The number of thiazole rings is 1. The minimum atomic E-state index is -2.83. The number of para-hydroxylation sites is 3. The number of ether oxygens (including phenoxy) is 1. The van der Waals surface area contributed by atoms with E-state index in [9.17, 15) is 0 Å². The Bertz CT molecular complexity index is 3060. The molecule has 0 saturated carbocycles. The fourth-order valence-corrected chi connectivity index (χ4v) is 8.26. The van der Waals surface area contributed by atoms with Gasteiger partial charge in [0.25, 0.3) is 0 Å². The summed E-state index contributed by atoms with van der Waals surface area (Å²) in [6.45, 7) is -2.81. The maximum absolute atomic E-state index is 8.86. The van der Waals surface area contributed by atoms with Crippen molar-refractivity contribution >= 4 is 37.5 Å². The van der Waals surface area contributed by atoms with Gasteiger partial charge in [0, 0.05) is 54.5 Å². The Morgan fingerprint density at radius 3 is 2.49 bits per heavy atom. The van der Waals surface area contributed by atoms with E-state index in [-0.39, 0.29) is 56.2 Å². The molecule has 6 heteroatoms. The van der Waals surface area contributed by atoms with Gasteiger partial charge in [-0.05, 0) is 85.1 Å². The van der Waals surface area contributed by atoms with Crippen LogP contribution in [-0.2, 0) is 11.8 Å².